The number of carboxylic acid groups (broad SMARTS) is 1. The van der Waals surface area contributed by atoms with Crippen LogP contribution in [0.2, 0.25) is 0 Å². The van der Waals surface area contributed by atoms with Crippen molar-refractivity contribution in [2.75, 3.05) is 17.2 Å². The zero-order valence-corrected chi connectivity index (χ0v) is 11.2. The van der Waals surface area contributed by atoms with E-state index < -0.39 is 5.97 Å². The van der Waals surface area contributed by atoms with Gasteiger partial charge < -0.3 is 15.7 Å². The molecule has 1 aromatic carbocycles. The Labute approximate surface area is 114 Å². The first-order valence-electron chi connectivity index (χ1n) is 7.01. The van der Waals surface area contributed by atoms with Crippen LogP contribution in [0.15, 0.2) is 24.3 Å². The van der Waals surface area contributed by atoms with Crippen molar-refractivity contribution in [3.05, 3.63) is 24.3 Å². The van der Waals surface area contributed by atoms with Crippen LogP contribution >= 0.6 is 0 Å². The Balaban J connectivity index is 2.17. The van der Waals surface area contributed by atoms with E-state index in [1.807, 2.05) is 24.3 Å². The highest BCUT2D eigenvalue weighted by Crippen LogP contribution is 2.30. The van der Waals surface area contributed by atoms with Crippen LogP contribution in [0.1, 0.15) is 38.5 Å². The van der Waals surface area contributed by atoms with Gasteiger partial charge in [-0.15, -0.1) is 0 Å². The summed E-state index contributed by atoms with van der Waals surface area (Å²) in [6.07, 6.45) is 6.15. The van der Waals surface area contributed by atoms with E-state index in [1.54, 1.807) is 0 Å². The van der Waals surface area contributed by atoms with Gasteiger partial charge in [-0.2, -0.15) is 0 Å². The minimum Gasteiger partial charge on any atom is -0.481 e. The molecule has 0 amide bonds. The third-order valence-electron chi connectivity index (χ3n) is 3.83. The predicted octanol–water partition coefficient (Wildman–Crippen LogP) is 2.88. The number of hydrogen-bond acceptors (Lipinski definition) is 3. The second-order valence-corrected chi connectivity index (χ2v) is 5.19. The Morgan fingerprint density at radius 3 is 2.58 bits per heavy atom. The third kappa shape index (κ3) is 3.63. The van der Waals surface area contributed by atoms with E-state index in [9.17, 15) is 4.79 Å². The van der Waals surface area contributed by atoms with Gasteiger partial charge in [-0.25, -0.2) is 0 Å². The van der Waals surface area contributed by atoms with E-state index in [0.29, 0.717) is 12.6 Å². The number of nitrogen functional groups attached to an aromatic ring is 1. The largest absolute Gasteiger partial charge is 0.481 e. The quantitative estimate of drug-likeness (QED) is 0.801. The van der Waals surface area contributed by atoms with Crippen LogP contribution in [0.25, 0.3) is 0 Å². The summed E-state index contributed by atoms with van der Waals surface area (Å²) in [7, 11) is 0. The first kappa shape index (κ1) is 13.7. The number of benzene rings is 1. The van der Waals surface area contributed by atoms with E-state index in [4.69, 9.17) is 10.8 Å². The Hall–Kier alpha value is -1.71. The molecule has 0 radical (unpaired) electrons. The molecule has 0 aromatic heterocycles. The van der Waals surface area contributed by atoms with Crippen molar-refractivity contribution in [1.29, 1.82) is 0 Å². The van der Waals surface area contributed by atoms with Gasteiger partial charge in [0.25, 0.3) is 0 Å². The lowest BCUT2D eigenvalue weighted by molar-refractivity contribution is -0.136. The van der Waals surface area contributed by atoms with Crippen LogP contribution in [-0.4, -0.2) is 23.7 Å². The van der Waals surface area contributed by atoms with Crippen LogP contribution in [-0.2, 0) is 4.79 Å². The highest BCUT2D eigenvalue weighted by Gasteiger charge is 2.23. The van der Waals surface area contributed by atoms with Gasteiger partial charge in [0.05, 0.1) is 17.8 Å². The molecule has 2 rings (SSSR count). The van der Waals surface area contributed by atoms with E-state index in [0.717, 1.165) is 24.2 Å². The minimum absolute atomic E-state index is 0.158. The number of rotatable bonds is 5. The van der Waals surface area contributed by atoms with Gasteiger partial charge >= 0.3 is 5.97 Å². The molecule has 1 aliphatic carbocycles. The molecule has 104 valence electrons. The Morgan fingerprint density at radius 1 is 1.26 bits per heavy atom. The van der Waals surface area contributed by atoms with Crippen LogP contribution in [0.5, 0.6) is 0 Å². The molecule has 0 atom stereocenters. The maximum atomic E-state index is 10.8. The third-order valence-corrected chi connectivity index (χ3v) is 3.83. The Morgan fingerprint density at radius 2 is 1.95 bits per heavy atom. The lowest BCUT2D eigenvalue weighted by Gasteiger charge is -2.36. The van der Waals surface area contributed by atoms with Crippen LogP contribution < -0.4 is 10.6 Å². The van der Waals surface area contributed by atoms with Crippen LogP contribution in [0.3, 0.4) is 0 Å². The first-order chi connectivity index (χ1) is 9.18. The number of aliphatic carboxylic acids is 1. The van der Waals surface area contributed by atoms with Crippen LogP contribution in [0, 0.1) is 0 Å². The number of carbonyl (C=O) groups is 1. The highest BCUT2D eigenvalue weighted by molar-refractivity contribution is 5.71. The van der Waals surface area contributed by atoms with E-state index >= 15 is 0 Å². The smallest absolute Gasteiger partial charge is 0.305 e. The SMILES string of the molecule is Nc1ccccc1N(CCC(=O)O)C1CCCCC1. The molecule has 4 nitrogen and oxygen atoms in total. The number of nitrogens with zero attached hydrogens (tertiary/aromatic N) is 1. The molecule has 1 aromatic rings. The van der Waals surface area contributed by atoms with Gasteiger partial charge in [-0.05, 0) is 25.0 Å². The molecular formula is C15H22N2O2. The van der Waals surface area contributed by atoms with Gasteiger partial charge in [-0.1, -0.05) is 31.4 Å². The fourth-order valence-corrected chi connectivity index (χ4v) is 2.86. The van der Waals surface area contributed by atoms with Gasteiger partial charge in [0.2, 0.25) is 0 Å². The summed E-state index contributed by atoms with van der Waals surface area (Å²) >= 11 is 0. The van der Waals surface area contributed by atoms with Crippen molar-refractivity contribution in [3.8, 4) is 0 Å². The van der Waals surface area contributed by atoms with Crippen molar-refractivity contribution < 1.29 is 9.90 Å². The zero-order valence-electron chi connectivity index (χ0n) is 11.2. The maximum Gasteiger partial charge on any atom is 0.305 e. The topological polar surface area (TPSA) is 66.6 Å². The molecule has 0 unspecified atom stereocenters. The summed E-state index contributed by atoms with van der Waals surface area (Å²) in [6, 6.07) is 8.17. The Bertz CT molecular complexity index is 428. The first-order valence-corrected chi connectivity index (χ1v) is 7.01. The zero-order chi connectivity index (χ0) is 13.7. The van der Waals surface area contributed by atoms with E-state index in [-0.39, 0.29) is 6.42 Å². The minimum atomic E-state index is -0.754. The van der Waals surface area contributed by atoms with Crippen molar-refractivity contribution in [2.24, 2.45) is 0 Å². The highest BCUT2D eigenvalue weighted by atomic mass is 16.4. The van der Waals surface area contributed by atoms with E-state index in [2.05, 4.69) is 4.90 Å². The monoisotopic (exact) mass is 262 g/mol. The lowest BCUT2D eigenvalue weighted by Crippen LogP contribution is -2.38. The fourth-order valence-electron chi connectivity index (χ4n) is 2.86. The molecule has 1 saturated carbocycles. The van der Waals surface area contributed by atoms with Gasteiger partial charge in [0, 0.05) is 12.6 Å². The molecule has 1 fully saturated rings. The standard InChI is InChI=1S/C15H22N2O2/c16-13-8-4-5-9-14(13)17(11-10-15(18)19)12-6-2-1-3-7-12/h4-5,8-9,12H,1-3,6-7,10-11,16H2,(H,18,19). The van der Waals surface area contributed by atoms with Crippen molar-refractivity contribution in [2.45, 2.75) is 44.6 Å². The molecule has 4 heteroatoms. The number of carboxylic acids is 1. The fraction of sp³-hybridized carbons (Fsp3) is 0.533. The number of para-hydroxylation sites is 2. The molecular weight excluding hydrogens is 240 g/mol. The molecule has 19 heavy (non-hydrogen) atoms. The summed E-state index contributed by atoms with van der Waals surface area (Å²) in [5.74, 6) is -0.754. The summed E-state index contributed by atoms with van der Waals surface area (Å²) in [4.78, 5) is 13.0. The summed E-state index contributed by atoms with van der Waals surface area (Å²) in [6.45, 7) is 0.536. The maximum absolute atomic E-state index is 10.8. The number of anilines is 2. The molecule has 0 bridgehead atoms. The average molecular weight is 262 g/mol. The van der Waals surface area contributed by atoms with Gasteiger partial charge in [0.15, 0.2) is 0 Å². The van der Waals surface area contributed by atoms with Crippen LogP contribution in [0.4, 0.5) is 11.4 Å². The van der Waals surface area contributed by atoms with Crippen molar-refractivity contribution in [3.63, 3.8) is 0 Å². The normalized spacial score (nSPS) is 16.2. The predicted molar refractivity (Wildman–Crippen MR) is 77.3 cm³/mol. The van der Waals surface area contributed by atoms with Crippen molar-refractivity contribution >= 4 is 17.3 Å². The Kier molecular flexibility index (Phi) is 4.66. The molecule has 1 aliphatic rings. The number of nitrogens with two attached hydrogens (primary N) is 1. The number of hydrogen-bond donors (Lipinski definition) is 2. The summed E-state index contributed by atoms with van der Waals surface area (Å²) < 4.78 is 0. The molecule has 0 heterocycles. The summed E-state index contributed by atoms with van der Waals surface area (Å²) in [5.41, 5.74) is 7.76. The average Bonchev–Trinajstić information content (AvgIpc) is 2.42. The van der Waals surface area contributed by atoms with E-state index in [1.165, 1.54) is 19.3 Å². The molecule has 0 saturated heterocycles. The second kappa shape index (κ2) is 6.45. The second-order valence-electron chi connectivity index (χ2n) is 5.19. The van der Waals surface area contributed by atoms with Gasteiger partial charge in [0.1, 0.15) is 0 Å². The molecule has 0 spiro atoms. The molecule has 3 N–H and O–H groups in total. The summed E-state index contributed by atoms with van der Waals surface area (Å²) in [5, 5.41) is 8.92. The lowest BCUT2D eigenvalue weighted by atomic mass is 9.93. The van der Waals surface area contributed by atoms with Gasteiger partial charge in [-0.3, -0.25) is 4.79 Å². The molecule has 0 aliphatic heterocycles. The van der Waals surface area contributed by atoms with Crippen molar-refractivity contribution in [1.82, 2.24) is 0 Å².